The van der Waals surface area contributed by atoms with Gasteiger partial charge in [0.2, 0.25) is 0 Å². The molecule has 0 aromatic carbocycles. The Morgan fingerprint density at radius 2 is 1.93 bits per heavy atom. The molecule has 7 nitrogen and oxygen atoms in total. The van der Waals surface area contributed by atoms with Crippen molar-refractivity contribution >= 4 is 39.2 Å². The molecule has 3 rings (SSSR count). The van der Waals surface area contributed by atoms with E-state index < -0.39 is 5.97 Å². The van der Waals surface area contributed by atoms with E-state index in [9.17, 15) is 9.59 Å². The number of hydrogen-bond acceptors (Lipinski definition) is 6. The zero-order chi connectivity index (χ0) is 22.2. The van der Waals surface area contributed by atoms with Crippen LogP contribution in [0.1, 0.15) is 76.3 Å². The van der Waals surface area contributed by atoms with Crippen molar-refractivity contribution in [2.75, 3.05) is 11.9 Å². The maximum absolute atomic E-state index is 13.3. The van der Waals surface area contributed by atoms with Crippen molar-refractivity contribution in [1.29, 1.82) is 0 Å². The third-order valence-electron chi connectivity index (χ3n) is 4.97. The largest absolute Gasteiger partial charge is 0.462 e. The SMILES string of the molecule is CCOC(=O)c1c(NC(=O)c2cc(C)nc3c2c(C)nn3C(C)C)sc(C)c1CC. The molecule has 3 heterocycles. The highest BCUT2D eigenvalue weighted by Crippen LogP contribution is 2.35. The standard InChI is InChI=1S/C22H28N4O3S/c1-8-15-14(7)30-21(18(15)22(28)29-9-2)24-20(27)16-10-12(5)23-19-17(16)13(6)25-26(19)11(3)4/h10-11H,8-9H2,1-7H3,(H,24,27). The third kappa shape index (κ3) is 3.84. The summed E-state index contributed by atoms with van der Waals surface area (Å²) in [4.78, 5) is 31.5. The van der Waals surface area contributed by atoms with E-state index in [1.807, 2.05) is 46.2 Å². The molecule has 3 aromatic heterocycles. The highest BCUT2D eigenvalue weighted by atomic mass is 32.1. The lowest BCUT2D eigenvalue weighted by Gasteiger charge is -2.10. The van der Waals surface area contributed by atoms with Crippen LogP contribution in [0.5, 0.6) is 0 Å². The summed E-state index contributed by atoms with van der Waals surface area (Å²) in [5.41, 5.74) is 4.03. The Kier molecular flexibility index (Phi) is 6.26. The molecule has 0 saturated heterocycles. The van der Waals surface area contributed by atoms with Gasteiger partial charge in [-0.3, -0.25) is 4.79 Å². The molecule has 160 valence electrons. The second-order valence-corrected chi connectivity index (χ2v) is 8.73. The lowest BCUT2D eigenvalue weighted by atomic mass is 10.1. The van der Waals surface area contributed by atoms with Gasteiger partial charge in [0.1, 0.15) is 5.00 Å². The van der Waals surface area contributed by atoms with Crippen LogP contribution in [-0.2, 0) is 11.2 Å². The number of rotatable bonds is 6. The molecule has 30 heavy (non-hydrogen) atoms. The Morgan fingerprint density at radius 1 is 1.23 bits per heavy atom. The first-order chi connectivity index (χ1) is 14.2. The molecular weight excluding hydrogens is 400 g/mol. The average Bonchev–Trinajstić information content (AvgIpc) is 3.17. The molecule has 0 saturated carbocycles. The number of aromatic nitrogens is 3. The fourth-order valence-corrected chi connectivity index (χ4v) is 4.79. The molecule has 8 heteroatoms. The summed E-state index contributed by atoms with van der Waals surface area (Å²) in [6.07, 6.45) is 0.686. The maximum atomic E-state index is 13.3. The van der Waals surface area contributed by atoms with E-state index >= 15 is 0 Å². The lowest BCUT2D eigenvalue weighted by Crippen LogP contribution is -2.16. The van der Waals surface area contributed by atoms with Crippen molar-refractivity contribution in [1.82, 2.24) is 14.8 Å². The van der Waals surface area contributed by atoms with Gasteiger partial charge in [0, 0.05) is 16.6 Å². The summed E-state index contributed by atoms with van der Waals surface area (Å²) < 4.78 is 7.08. The molecule has 0 spiro atoms. The summed E-state index contributed by atoms with van der Waals surface area (Å²) in [7, 11) is 0. The molecule has 3 aromatic rings. The molecule has 0 radical (unpaired) electrons. The van der Waals surface area contributed by atoms with Crippen molar-refractivity contribution in [2.24, 2.45) is 0 Å². The summed E-state index contributed by atoms with van der Waals surface area (Å²) in [5.74, 6) is -0.694. The van der Waals surface area contributed by atoms with E-state index in [-0.39, 0.29) is 18.6 Å². The van der Waals surface area contributed by atoms with Crippen LogP contribution in [0.2, 0.25) is 0 Å². The van der Waals surface area contributed by atoms with Crippen LogP contribution < -0.4 is 5.32 Å². The normalized spacial score (nSPS) is 11.3. The van der Waals surface area contributed by atoms with E-state index in [1.54, 1.807) is 13.0 Å². The van der Waals surface area contributed by atoms with Gasteiger partial charge in [-0.25, -0.2) is 14.5 Å². The van der Waals surface area contributed by atoms with E-state index in [2.05, 4.69) is 15.4 Å². The minimum atomic E-state index is -0.408. The van der Waals surface area contributed by atoms with E-state index in [4.69, 9.17) is 4.74 Å². The molecule has 0 unspecified atom stereocenters. The number of carbonyl (C=O) groups is 2. The number of aryl methyl sites for hydroxylation is 3. The van der Waals surface area contributed by atoms with Gasteiger partial charge in [-0.15, -0.1) is 11.3 Å². The van der Waals surface area contributed by atoms with Crippen LogP contribution in [-0.4, -0.2) is 33.2 Å². The number of esters is 1. The first-order valence-corrected chi connectivity index (χ1v) is 11.0. The van der Waals surface area contributed by atoms with Gasteiger partial charge >= 0.3 is 5.97 Å². The van der Waals surface area contributed by atoms with E-state index in [1.165, 1.54) is 11.3 Å². The minimum Gasteiger partial charge on any atom is -0.462 e. The fourth-order valence-electron chi connectivity index (χ4n) is 3.66. The van der Waals surface area contributed by atoms with Crippen molar-refractivity contribution < 1.29 is 14.3 Å². The predicted molar refractivity (Wildman–Crippen MR) is 120 cm³/mol. The number of carbonyl (C=O) groups excluding carboxylic acids is 2. The molecule has 0 aliphatic carbocycles. The number of nitrogens with zero attached hydrogens (tertiary/aromatic N) is 3. The molecular formula is C22H28N4O3S. The maximum Gasteiger partial charge on any atom is 0.341 e. The van der Waals surface area contributed by atoms with Crippen molar-refractivity contribution in [3.8, 4) is 0 Å². The smallest absolute Gasteiger partial charge is 0.341 e. The Bertz CT molecular complexity index is 1130. The first-order valence-electron chi connectivity index (χ1n) is 10.2. The number of thiophene rings is 1. The Balaban J connectivity index is 2.10. The van der Waals surface area contributed by atoms with E-state index in [0.29, 0.717) is 28.2 Å². The zero-order valence-corrected chi connectivity index (χ0v) is 19.4. The number of amides is 1. The van der Waals surface area contributed by atoms with Crippen LogP contribution in [0.25, 0.3) is 11.0 Å². The van der Waals surface area contributed by atoms with Gasteiger partial charge in [-0.2, -0.15) is 5.10 Å². The quantitative estimate of drug-likeness (QED) is 0.559. The van der Waals surface area contributed by atoms with Crippen LogP contribution in [0.4, 0.5) is 5.00 Å². The Labute approximate surface area is 180 Å². The molecule has 0 aliphatic rings. The number of fused-ring (bicyclic) bond motifs is 1. The van der Waals surface area contributed by atoms with Gasteiger partial charge in [-0.1, -0.05) is 6.92 Å². The molecule has 0 fully saturated rings. The number of hydrogen-bond donors (Lipinski definition) is 1. The second kappa shape index (κ2) is 8.55. The van der Waals surface area contributed by atoms with Crippen LogP contribution in [0, 0.1) is 20.8 Å². The Hall–Kier alpha value is -2.74. The minimum absolute atomic E-state index is 0.119. The van der Waals surface area contributed by atoms with Crippen LogP contribution in [0.3, 0.4) is 0 Å². The van der Waals surface area contributed by atoms with Crippen molar-refractivity contribution in [3.63, 3.8) is 0 Å². The van der Waals surface area contributed by atoms with Gasteiger partial charge in [0.25, 0.3) is 5.91 Å². The highest BCUT2D eigenvalue weighted by Gasteiger charge is 2.25. The molecule has 1 N–H and O–H groups in total. The fraction of sp³-hybridized carbons (Fsp3) is 0.455. The number of pyridine rings is 1. The van der Waals surface area contributed by atoms with Crippen LogP contribution >= 0.6 is 11.3 Å². The van der Waals surface area contributed by atoms with Gasteiger partial charge in [0.15, 0.2) is 5.65 Å². The Morgan fingerprint density at radius 3 is 2.53 bits per heavy atom. The van der Waals surface area contributed by atoms with Crippen LogP contribution in [0.15, 0.2) is 6.07 Å². The first kappa shape index (κ1) is 22.0. The second-order valence-electron chi connectivity index (χ2n) is 7.50. The molecule has 0 bridgehead atoms. The number of ether oxygens (including phenoxy) is 1. The van der Waals surface area contributed by atoms with Crippen molar-refractivity contribution in [2.45, 2.75) is 60.9 Å². The number of anilines is 1. The molecule has 0 atom stereocenters. The van der Waals surface area contributed by atoms with Gasteiger partial charge in [0.05, 0.1) is 28.8 Å². The summed E-state index contributed by atoms with van der Waals surface area (Å²) >= 11 is 1.40. The van der Waals surface area contributed by atoms with Gasteiger partial charge in [-0.05, 0) is 59.6 Å². The average molecular weight is 429 g/mol. The number of nitrogens with one attached hydrogen (secondary N) is 1. The zero-order valence-electron chi connectivity index (χ0n) is 18.5. The summed E-state index contributed by atoms with van der Waals surface area (Å²) in [5, 5.41) is 8.79. The summed E-state index contributed by atoms with van der Waals surface area (Å²) in [6, 6.07) is 1.89. The van der Waals surface area contributed by atoms with Gasteiger partial charge < -0.3 is 10.1 Å². The predicted octanol–water partition coefficient (Wildman–Crippen LogP) is 4.99. The lowest BCUT2D eigenvalue weighted by molar-refractivity contribution is 0.0527. The third-order valence-corrected chi connectivity index (χ3v) is 6.03. The molecule has 0 aliphatic heterocycles. The topological polar surface area (TPSA) is 86.1 Å². The van der Waals surface area contributed by atoms with E-state index in [0.717, 1.165) is 27.2 Å². The monoisotopic (exact) mass is 428 g/mol. The summed E-state index contributed by atoms with van der Waals surface area (Å²) in [6.45, 7) is 13.8. The van der Waals surface area contributed by atoms with Crippen molar-refractivity contribution in [3.05, 3.63) is 39.0 Å². The molecule has 1 amide bonds. The highest BCUT2D eigenvalue weighted by molar-refractivity contribution is 7.16.